The summed E-state index contributed by atoms with van der Waals surface area (Å²) in [5.74, 6) is -0.148. The van der Waals surface area contributed by atoms with Gasteiger partial charge < -0.3 is 4.90 Å². The van der Waals surface area contributed by atoms with Crippen LogP contribution in [0.3, 0.4) is 0 Å². The highest BCUT2D eigenvalue weighted by atomic mass is 79.9. The largest absolute Gasteiger partial charge is 0.337 e. The summed E-state index contributed by atoms with van der Waals surface area (Å²) in [5.41, 5.74) is 2.01. The van der Waals surface area contributed by atoms with Gasteiger partial charge in [-0.25, -0.2) is 0 Å². The van der Waals surface area contributed by atoms with Gasteiger partial charge in [0, 0.05) is 18.1 Å². The van der Waals surface area contributed by atoms with Crippen LogP contribution in [0.2, 0.25) is 5.02 Å². The van der Waals surface area contributed by atoms with E-state index in [1.807, 2.05) is 12.1 Å². The van der Waals surface area contributed by atoms with Crippen molar-refractivity contribution in [2.75, 3.05) is 7.05 Å². The fraction of sp³-hybridized carbons (Fsp3) is 0.125. The predicted molar refractivity (Wildman–Crippen MR) is 86.1 cm³/mol. The molecule has 0 heterocycles. The van der Waals surface area contributed by atoms with Gasteiger partial charge in [-0.2, -0.15) is 5.26 Å². The molecule has 0 atom stereocenters. The minimum absolute atomic E-state index is 0.148. The zero-order chi connectivity index (χ0) is 15.4. The predicted octanol–water partition coefficient (Wildman–Crippen LogP) is 4.25. The Morgan fingerprint density at radius 1 is 1.29 bits per heavy atom. The average molecular weight is 364 g/mol. The van der Waals surface area contributed by atoms with Crippen LogP contribution in [0, 0.1) is 11.3 Å². The molecule has 2 aromatic carbocycles. The van der Waals surface area contributed by atoms with Crippen LogP contribution < -0.4 is 0 Å². The van der Waals surface area contributed by atoms with Gasteiger partial charge in [0.25, 0.3) is 5.91 Å². The molecule has 0 radical (unpaired) electrons. The highest BCUT2D eigenvalue weighted by molar-refractivity contribution is 9.10. The Balaban J connectivity index is 2.15. The van der Waals surface area contributed by atoms with Crippen molar-refractivity contribution in [2.24, 2.45) is 0 Å². The van der Waals surface area contributed by atoms with Crippen molar-refractivity contribution in [1.82, 2.24) is 4.90 Å². The molecule has 0 aliphatic rings. The lowest BCUT2D eigenvalue weighted by molar-refractivity contribution is 0.0785. The van der Waals surface area contributed by atoms with Gasteiger partial charge >= 0.3 is 0 Å². The molecule has 0 bridgehead atoms. The number of hydrogen-bond acceptors (Lipinski definition) is 2. The third-order valence-corrected chi connectivity index (χ3v) is 3.83. The van der Waals surface area contributed by atoms with Gasteiger partial charge in [0.1, 0.15) is 0 Å². The maximum absolute atomic E-state index is 12.4. The first kappa shape index (κ1) is 15.6. The molecule has 0 aliphatic heterocycles. The van der Waals surface area contributed by atoms with Crippen LogP contribution in [0.15, 0.2) is 46.9 Å². The second-order valence-electron chi connectivity index (χ2n) is 4.59. The number of amides is 1. The third-order valence-electron chi connectivity index (χ3n) is 3.01. The molecule has 0 aliphatic carbocycles. The Labute approximate surface area is 136 Å². The van der Waals surface area contributed by atoms with E-state index >= 15 is 0 Å². The molecule has 5 heteroatoms. The molecular weight excluding hydrogens is 352 g/mol. The van der Waals surface area contributed by atoms with Gasteiger partial charge in [0.15, 0.2) is 0 Å². The fourth-order valence-corrected chi connectivity index (χ4v) is 2.46. The zero-order valence-corrected chi connectivity index (χ0v) is 13.6. The fourth-order valence-electron chi connectivity index (χ4n) is 1.90. The Morgan fingerprint density at radius 2 is 1.95 bits per heavy atom. The lowest BCUT2D eigenvalue weighted by Gasteiger charge is -2.18. The number of hydrogen-bond donors (Lipinski definition) is 0. The van der Waals surface area contributed by atoms with Crippen molar-refractivity contribution < 1.29 is 4.79 Å². The molecule has 0 saturated heterocycles. The van der Waals surface area contributed by atoms with Gasteiger partial charge in [-0.1, -0.05) is 39.7 Å². The van der Waals surface area contributed by atoms with Crippen LogP contribution in [0.1, 0.15) is 21.5 Å². The normalized spacial score (nSPS) is 10.0. The number of carbonyl (C=O) groups excluding carboxylic acids is 1. The summed E-state index contributed by atoms with van der Waals surface area (Å²) in [4.78, 5) is 14.0. The van der Waals surface area contributed by atoms with Crippen LogP contribution in [0.25, 0.3) is 0 Å². The Hall–Kier alpha value is -1.83. The molecule has 0 saturated carbocycles. The first-order valence-electron chi connectivity index (χ1n) is 6.21. The van der Waals surface area contributed by atoms with Crippen molar-refractivity contribution in [3.05, 3.63) is 68.7 Å². The summed E-state index contributed by atoms with van der Waals surface area (Å²) in [6, 6.07) is 14.4. The second kappa shape index (κ2) is 6.75. The first-order valence-corrected chi connectivity index (χ1v) is 7.38. The molecule has 0 spiro atoms. The minimum Gasteiger partial charge on any atom is -0.337 e. The molecular formula is C16H12BrClN2O. The summed E-state index contributed by atoms with van der Waals surface area (Å²) in [6.07, 6.45) is 0. The van der Waals surface area contributed by atoms with Crippen molar-refractivity contribution in [2.45, 2.75) is 6.54 Å². The third kappa shape index (κ3) is 3.84. The number of nitriles is 1. The molecule has 2 rings (SSSR count). The van der Waals surface area contributed by atoms with E-state index in [-0.39, 0.29) is 5.91 Å². The second-order valence-corrected chi connectivity index (χ2v) is 5.92. The maximum atomic E-state index is 12.4. The van der Waals surface area contributed by atoms with Gasteiger partial charge in [-0.3, -0.25) is 4.79 Å². The molecule has 1 amide bonds. The van der Waals surface area contributed by atoms with Crippen molar-refractivity contribution >= 4 is 33.4 Å². The monoisotopic (exact) mass is 362 g/mol. The Bertz CT molecular complexity index is 707. The molecule has 106 valence electrons. The van der Waals surface area contributed by atoms with Crippen molar-refractivity contribution in [3.63, 3.8) is 0 Å². The van der Waals surface area contributed by atoms with Crippen LogP contribution in [-0.2, 0) is 6.54 Å². The van der Waals surface area contributed by atoms with E-state index in [9.17, 15) is 4.79 Å². The summed E-state index contributed by atoms with van der Waals surface area (Å²) in [6.45, 7) is 0.452. The van der Waals surface area contributed by atoms with Crippen LogP contribution >= 0.6 is 27.5 Å². The van der Waals surface area contributed by atoms with E-state index in [4.69, 9.17) is 16.9 Å². The van der Waals surface area contributed by atoms with Crippen LogP contribution in [-0.4, -0.2) is 17.9 Å². The van der Waals surface area contributed by atoms with E-state index in [2.05, 4.69) is 22.0 Å². The molecule has 0 aromatic heterocycles. The highest BCUT2D eigenvalue weighted by Gasteiger charge is 2.15. The minimum atomic E-state index is -0.148. The van der Waals surface area contributed by atoms with Crippen molar-refractivity contribution in [1.29, 1.82) is 5.26 Å². The van der Waals surface area contributed by atoms with Crippen LogP contribution in [0.4, 0.5) is 0 Å². The number of carbonyl (C=O) groups is 1. The number of benzene rings is 2. The molecule has 0 N–H and O–H groups in total. The Morgan fingerprint density at radius 3 is 2.57 bits per heavy atom. The van der Waals surface area contributed by atoms with E-state index < -0.39 is 0 Å². The average Bonchev–Trinajstić information content (AvgIpc) is 2.49. The lowest BCUT2D eigenvalue weighted by Crippen LogP contribution is -2.26. The standard InChI is InChI=1S/C16H12BrClN2O/c1-20(10-12-4-2-11(9-19)3-5-12)16(21)14-8-13(17)6-7-15(14)18/h2-8H,10H2,1H3. The van der Waals surface area contributed by atoms with E-state index in [1.54, 1.807) is 42.3 Å². The van der Waals surface area contributed by atoms with Gasteiger partial charge in [0.2, 0.25) is 0 Å². The quantitative estimate of drug-likeness (QED) is 0.818. The van der Waals surface area contributed by atoms with E-state index in [1.165, 1.54) is 0 Å². The molecule has 0 fully saturated rings. The van der Waals surface area contributed by atoms with Gasteiger partial charge in [0.05, 0.1) is 22.2 Å². The van der Waals surface area contributed by atoms with E-state index in [0.717, 1.165) is 10.0 Å². The smallest absolute Gasteiger partial charge is 0.255 e. The topological polar surface area (TPSA) is 44.1 Å². The maximum Gasteiger partial charge on any atom is 0.255 e. The molecule has 3 nitrogen and oxygen atoms in total. The van der Waals surface area contributed by atoms with E-state index in [0.29, 0.717) is 22.7 Å². The SMILES string of the molecule is CN(Cc1ccc(C#N)cc1)C(=O)c1cc(Br)ccc1Cl. The summed E-state index contributed by atoms with van der Waals surface area (Å²) in [5, 5.41) is 9.20. The Kier molecular flexibility index (Phi) is 5.00. The number of halogens is 2. The molecule has 2 aromatic rings. The lowest BCUT2D eigenvalue weighted by atomic mass is 10.1. The number of nitrogens with zero attached hydrogens (tertiary/aromatic N) is 2. The van der Waals surface area contributed by atoms with Crippen LogP contribution in [0.5, 0.6) is 0 Å². The summed E-state index contributed by atoms with van der Waals surface area (Å²) in [7, 11) is 1.72. The highest BCUT2D eigenvalue weighted by Crippen LogP contribution is 2.22. The summed E-state index contributed by atoms with van der Waals surface area (Å²) >= 11 is 9.41. The number of rotatable bonds is 3. The van der Waals surface area contributed by atoms with Gasteiger partial charge in [-0.05, 0) is 35.9 Å². The van der Waals surface area contributed by atoms with Gasteiger partial charge in [-0.15, -0.1) is 0 Å². The van der Waals surface area contributed by atoms with Crippen molar-refractivity contribution in [3.8, 4) is 6.07 Å². The zero-order valence-electron chi connectivity index (χ0n) is 11.3. The first-order chi connectivity index (χ1) is 10.0. The molecule has 21 heavy (non-hydrogen) atoms. The summed E-state index contributed by atoms with van der Waals surface area (Å²) < 4.78 is 0.807. The molecule has 0 unspecified atom stereocenters.